The van der Waals surface area contributed by atoms with Gasteiger partial charge in [-0.05, 0) is 30.6 Å². The summed E-state index contributed by atoms with van der Waals surface area (Å²) >= 11 is 0. The molecular formula is C15H26N2. The third kappa shape index (κ3) is 4.88. The number of benzene rings is 1. The van der Waals surface area contributed by atoms with Crippen molar-refractivity contribution in [2.24, 2.45) is 0 Å². The molecule has 0 aliphatic heterocycles. The van der Waals surface area contributed by atoms with Crippen LogP contribution in [0.4, 0.5) is 0 Å². The Morgan fingerprint density at radius 1 is 1.00 bits per heavy atom. The lowest BCUT2D eigenvalue weighted by atomic mass is 10.1. The summed E-state index contributed by atoms with van der Waals surface area (Å²) in [5.74, 6) is 0. The molecule has 0 atom stereocenters. The summed E-state index contributed by atoms with van der Waals surface area (Å²) in [7, 11) is 0. The second kappa shape index (κ2) is 8.26. The van der Waals surface area contributed by atoms with Crippen LogP contribution in [-0.4, -0.2) is 31.1 Å². The molecule has 0 amide bonds. The van der Waals surface area contributed by atoms with Crippen molar-refractivity contribution in [3.63, 3.8) is 0 Å². The minimum absolute atomic E-state index is 0.991. The van der Waals surface area contributed by atoms with Crippen molar-refractivity contribution in [2.75, 3.05) is 26.2 Å². The molecule has 0 aliphatic rings. The first kappa shape index (κ1) is 14.2. The Bertz CT molecular complexity index is 306. The number of hydrogen-bond acceptors (Lipinski definition) is 2. The summed E-state index contributed by atoms with van der Waals surface area (Å²) in [5.41, 5.74) is 2.90. The molecule has 0 aromatic heterocycles. The van der Waals surface area contributed by atoms with Crippen molar-refractivity contribution >= 4 is 0 Å². The molecule has 1 aromatic carbocycles. The highest BCUT2D eigenvalue weighted by molar-refractivity contribution is 5.26. The first-order valence-corrected chi connectivity index (χ1v) is 6.81. The van der Waals surface area contributed by atoms with Gasteiger partial charge in [-0.25, -0.2) is 0 Å². The van der Waals surface area contributed by atoms with E-state index in [4.69, 9.17) is 0 Å². The van der Waals surface area contributed by atoms with Crippen LogP contribution in [0.1, 0.15) is 31.9 Å². The van der Waals surface area contributed by atoms with Gasteiger partial charge >= 0.3 is 0 Å². The second-order valence-electron chi connectivity index (χ2n) is 4.33. The Labute approximate surface area is 106 Å². The lowest BCUT2D eigenvalue weighted by Crippen LogP contribution is -2.31. The van der Waals surface area contributed by atoms with Crippen LogP contribution in [0.15, 0.2) is 24.3 Å². The van der Waals surface area contributed by atoms with Gasteiger partial charge in [0.15, 0.2) is 0 Å². The first-order valence-electron chi connectivity index (χ1n) is 6.81. The SMILES string of the molecule is CCc1ccccc1CNCCN(CC)CC. The molecule has 0 saturated carbocycles. The highest BCUT2D eigenvalue weighted by atomic mass is 15.1. The van der Waals surface area contributed by atoms with E-state index in [9.17, 15) is 0 Å². The molecule has 0 radical (unpaired) electrons. The van der Waals surface area contributed by atoms with E-state index in [0.717, 1.165) is 39.1 Å². The monoisotopic (exact) mass is 234 g/mol. The van der Waals surface area contributed by atoms with Gasteiger partial charge in [-0.2, -0.15) is 0 Å². The van der Waals surface area contributed by atoms with Crippen molar-refractivity contribution < 1.29 is 0 Å². The van der Waals surface area contributed by atoms with Crippen molar-refractivity contribution in [1.82, 2.24) is 10.2 Å². The van der Waals surface area contributed by atoms with Crippen molar-refractivity contribution in [3.8, 4) is 0 Å². The lowest BCUT2D eigenvalue weighted by Gasteiger charge is -2.18. The maximum atomic E-state index is 3.53. The van der Waals surface area contributed by atoms with Crippen LogP contribution in [0.3, 0.4) is 0 Å². The van der Waals surface area contributed by atoms with E-state index in [2.05, 4.69) is 55.3 Å². The zero-order valence-corrected chi connectivity index (χ0v) is 11.5. The zero-order valence-electron chi connectivity index (χ0n) is 11.5. The van der Waals surface area contributed by atoms with Crippen LogP contribution in [0.2, 0.25) is 0 Å². The number of aryl methyl sites for hydroxylation is 1. The summed E-state index contributed by atoms with van der Waals surface area (Å²) in [6, 6.07) is 8.70. The molecule has 17 heavy (non-hydrogen) atoms. The summed E-state index contributed by atoms with van der Waals surface area (Å²) in [4.78, 5) is 2.44. The highest BCUT2D eigenvalue weighted by Crippen LogP contribution is 2.08. The van der Waals surface area contributed by atoms with Gasteiger partial charge in [-0.3, -0.25) is 0 Å². The van der Waals surface area contributed by atoms with E-state index in [1.807, 2.05) is 0 Å². The van der Waals surface area contributed by atoms with E-state index in [0.29, 0.717) is 0 Å². The minimum atomic E-state index is 0.991. The van der Waals surface area contributed by atoms with Crippen molar-refractivity contribution in [2.45, 2.75) is 33.7 Å². The van der Waals surface area contributed by atoms with Gasteiger partial charge in [0.05, 0.1) is 0 Å². The minimum Gasteiger partial charge on any atom is -0.311 e. The van der Waals surface area contributed by atoms with E-state index in [1.54, 1.807) is 0 Å². The van der Waals surface area contributed by atoms with Gasteiger partial charge in [-0.15, -0.1) is 0 Å². The largest absolute Gasteiger partial charge is 0.311 e. The predicted molar refractivity (Wildman–Crippen MR) is 75.3 cm³/mol. The first-order chi connectivity index (χ1) is 8.31. The number of hydrogen-bond donors (Lipinski definition) is 1. The number of nitrogens with zero attached hydrogens (tertiary/aromatic N) is 1. The smallest absolute Gasteiger partial charge is 0.0208 e. The average molecular weight is 234 g/mol. The van der Waals surface area contributed by atoms with E-state index in [-0.39, 0.29) is 0 Å². The number of nitrogens with one attached hydrogen (secondary N) is 1. The molecule has 0 aliphatic carbocycles. The Hall–Kier alpha value is -0.860. The maximum absolute atomic E-state index is 3.53. The molecule has 0 saturated heterocycles. The molecule has 0 bridgehead atoms. The molecule has 96 valence electrons. The standard InChI is InChI=1S/C15H26N2/c1-4-14-9-7-8-10-15(14)13-16-11-12-17(5-2)6-3/h7-10,16H,4-6,11-13H2,1-3H3. The summed E-state index contributed by atoms with van der Waals surface area (Å²) in [6.07, 6.45) is 1.12. The third-order valence-electron chi connectivity index (χ3n) is 3.31. The Kier molecular flexibility index (Phi) is 6.90. The van der Waals surface area contributed by atoms with E-state index >= 15 is 0 Å². The number of rotatable bonds is 8. The molecular weight excluding hydrogens is 208 g/mol. The molecule has 2 heteroatoms. The van der Waals surface area contributed by atoms with Gasteiger partial charge in [0.2, 0.25) is 0 Å². The van der Waals surface area contributed by atoms with Gasteiger partial charge in [0.25, 0.3) is 0 Å². The molecule has 0 heterocycles. The van der Waals surface area contributed by atoms with Gasteiger partial charge in [-0.1, -0.05) is 45.0 Å². The van der Waals surface area contributed by atoms with E-state index < -0.39 is 0 Å². The van der Waals surface area contributed by atoms with Crippen LogP contribution in [0, 0.1) is 0 Å². The highest BCUT2D eigenvalue weighted by Gasteiger charge is 2.00. The molecule has 0 spiro atoms. The van der Waals surface area contributed by atoms with Gasteiger partial charge < -0.3 is 10.2 Å². The van der Waals surface area contributed by atoms with Crippen LogP contribution in [0.25, 0.3) is 0 Å². The normalized spacial score (nSPS) is 11.1. The van der Waals surface area contributed by atoms with Gasteiger partial charge in [0, 0.05) is 19.6 Å². The molecule has 0 unspecified atom stereocenters. The van der Waals surface area contributed by atoms with Crippen LogP contribution in [-0.2, 0) is 13.0 Å². The predicted octanol–water partition coefficient (Wildman–Crippen LogP) is 2.68. The zero-order chi connectivity index (χ0) is 12.5. The Morgan fingerprint density at radius 3 is 2.24 bits per heavy atom. The van der Waals surface area contributed by atoms with Crippen LogP contribution < -0.4 is 5.32 Å². The molecule has 1 N–H and O–H groups in total. The fourth-order valence-corrected chi connectivity index (χ4v) is 2.07. The van der Waals surface area contributed by atoms with Crippen molar-refractivity contribution in [3.05, 3.63) is 35.4 Å². The fourth-order valence-electron chi connectivity index (χ4n) is 2.07. The summed E-state index contributed by atoms with van der Waals surface area (Å²) in [5, 5.41) is 3.53. The Balaban J connectivity index is 2.30. The summed E-state index contributed by atoms with van der Waals surface area (Å²) in [6.45, 7) is 12.1. The van der Waals surface area contributed by atoms with Gasteiger partial charge in [0.1, 0.15) is 0 Å². The average Bonchev–Trinajstić information content (AvgIpc) is 2.39. The second-order valence-corrected chi connectivity index (χ2v) is 4.33. The fraction of sp³-hybridized carbons (Fsp3) is 0.600. The van der Waals surface area contributed by atoms with Crippen LogP contribution >= 0.6 is 0 Å². The molecule has 1 aromatic rings. The Morgan fingerprint density at radius 2 is 1.65 bits per heavy atom. The van der Waals surface area contributed by atoms with Crippen LogP contribution in [0.5, 0.6) is 0 Å². The van der Waals surface area contributed by atoms with E-state index in [1.165, 1.54) is 11.1 Å². The maximum Gasteiger partial charge on any atom is 0.0208 e. The third-order valence-corrected chi connectivity index (χ3v) is 3.31. The molecule has 2 nitrogen and oxygen atoms in total. The quantitative estimate of drug-likeness (QED) is 0.696. The van der Waals surface area contributed by atoms with Crippen molar-refractivity contribution in [1.29, 1.82) is 0 Å². The molecule has 1 rings (SSSR count). The molecule has 0 fully saturated rings. The lowest BCUT2D eigenvalue weighted by molar-refractivity contribution is 0.302. The summed E-state index contributed by atoms with van der Waals surface area (Å²) < 4.78 is 0. The topological polar surface area (TPSA) is 15.3 Å². The number of likely N-dealkylation sites (N-methyl/N-ethyl adjacent to an activating group) is 1.